The van der Waals surface area contributed by atoms with Crippen LogP contribution in [0.1, 0.15) is 22.8 Å². The molecule has 0 fully saturated rings. The first-order valence-electron chi connectivity index (χ1n) is 5.46. The molecule has 7 heteroatoms. The molecule has 18 heavy (non-hydrogen) atoms. The summed E-state index contributed by atoms with van der Waals surface area (Å²) in [7, 11) is -1.11. The van der Waals surface area contributed by atoms with Crippen molar-refractivity contribution in [2.75, 3.05) is 0 Å². The number of carbonyl (C=O) groups is 1. The first-order chi connectivity index (χ1) is 8.49. The van der Waals surface area contributed by atoms with E-state index < -0.39 is 13.1 Å². The van der Waals surface area contributed by atoms with Gasteiger partial charge in [0.2, 0.25) is 0 Å². The van der Waals surface area contributed by atoms with E-state index in [-0.39, 0.29) is 17.3 Å². The number of rotatable bonds is 2. The van der Waals surface area contributed by atoms with Crippen molar-refractivity contribution in [3.63, 3.8) is 0 Å². The number of thiocarbonyl (C=S) groups is 1. The maximum atomic E-state index is 11.0. The average Bonchev–Trinajstić information content (AvgIpc) is 2.28. The van der Waals surface area contributed by atoms with Gasteiger partial charge < -0.3 is 20.1 Å². The SMILES string of the molecule is CC(=S)N[C@H]1Cc2cccc(C(=O)O)c2OB1O. The average molecular weight is 265 g/mol. The second-order valence-electron chi connectivity index (χ2n) is 4.12. The topological polar surface area (TPSA) is 78.8 Å². The monoisotopic (exact) mass is 265 g/mol. The fourth-order valence-electron chi connectivity index (χ4n) is 1.98. The molecule has 5 nitrogen and oxygen atoms in total. The number of benzene rings is 1. The van der Waals surface area contributed by atoms with E-state index in [0.29, 0.717) is 11.4 Å². The van der Waals surface area contributed by atoms with E-state index in [1.807, 2.05) is 0 Å². The second kappa shape index (κ2) is 4.95. The number of carboxylic acids is 1. The summed E-state index contributed by atoms with van der Waals surface area (Å²) < 4.78 is 5.29. The molecule has 0 aromatic heterocycles. The molecule has 2 rings (SSSR count). The van der Waals surface area contributed by atoms with Gasteiger partial charge in [-0.3, -0.25) is 0 Å². The molecule has 1 aromatic rings. The van der Waals surface area contributed by atoms with Crippen LogP contribution >= 0.6 is 12.2 Å². The molecule has 0 radical (unpaired) electrons. The van der Waals surface area contributed by atoms with Crippen molar-refractivity contribution in [2.24, 2.45) is 0 Å². The van der Waals surface area contributed by atoms with Crippen molar-refractivity contribution in [2.45, 2.75) is 19.3 Å². The van der Waals surface area contributed by atoms with Gasteiger partial charge in [-0.15, -0.1) is 0 Å². The summed E-state index contributed by atoms with van der Waals surface area (Å²) in [5.74, 6) is -1.20. The van der Waals surface area contributed by atoms with Crippen LogP contribution in [0.15, 0.2) is 18.2 Å². The van der Waals surface area contributed by atoms with Crippen LogP contribution in [0.5, 0.6) is 5.75 Å². The van der Waals surface area contributed by atoms with Crippen LogP contribution < -0.4 is 9.97 Å². The van der Waals surface area contributed by atoms with E-state index in [1.54, 1.807) is 19.1 Å². The lowest BCUT2D eigenvalue weighted by molar-refractivity contribution is 0.0694. The van der Waals surface area contributed by atoms with Gasteiger partial charge in [0.05, 0.1) is 16.5 Å². The van der Waals surface area contributed by atoms with Gasteiger partial charge in [0.15, 0.2) is 0 Å². The Morgan fingerprint density at radius 3 is 2.94 bits per heavy atom. The van der Waals surface area contributed by atoms with Gasteiger partial charge in [0.1, 0.15) is 5.75 Å². The lowest BCUT2D eigenvalue weighted by atomic mass is 9.72. The largest absolute Gasteiger partial charge is 0.546 e. The number of hydrogen-bond acceptors (Lipinski definition) is 4. The Morgan fingerprint density at radius 1 is 1.61 bits per heavy atom. The van der Waals surface area contributed by atoms with Gasteiger partial charge in [-0.25, -0.2) is 4.79 Å². The standard InChI is InChI=1S/C11H12BNO4S/c1-6(18)13-9-5-7-3-2-4-8(11(14)15)10(7)17-12(9)16/h2-4,9,16H,5H2,1H3,(H,13,18)(H,14,15)/t9-/m0/s1. The van der Waals surface area contributed by atoms with E-state index in [9.17, 15) is 9.82 Å². The molecule has 1 aliphatic rings. The molecular formula is C11H12BNO4S. The van der Waals surface area contributed by atoms with Gasteiger partial charge >= 0.3 is 13.1 Å². The van der Waals surface area contributed by atoms with Crippen LogP contribution in [-0.4, -0.2) is 34.1 Å². The van der Waals surface area contributed by atoms with Crippen LogP contribution in [0.4, 0.5) is 0 Å². The first-order valence-corrected chi connectivity index (χ1v) is 5.87. The maximum Gasteiger partial charge on any atom is 0.546 e. The maximum absolute atomic E-state index is 11.0. The van der Waals surface area contributed by atoms with Crippen LogP contribution in [0.25, 0.3) is 0 Å². The molecular weight excluding hydrogens is 253 g/mol. The smallest absolute Gasteiger partial charge is 0.534 e. The van der Waals surface area contributed by atoms with Gasteiger partial charge in [-0.2, -0.15) is 0 Å². The van der Waals surface area contributed by atoms with Gasteiger partial charge in [-0.1, -0.05) is 24.4 Å². The van der Waals surface area contributed by atoms with Crippen molar-refractivity contribution in [3.8, 4) is 5.75 Å². The molecule has 0 saturated carbocycles. The zero-order valence-electron chi connectivity index (χ0n) is 9.71. The number of aromatic carboxylic acids is 1. The summed E-state index contributed by atoms with van der Waals surface area (Å²) >= 11 is 4.92. The zero-order valence-corrected chi connectivity index (χ0v) is 10.5. The Hall–Kier alpha value is -1.60. The summed E-state index contributed by atoms with van der Waals surface area (Å²) in [6, 6.07) is 4.89. The summed E-state index contributed by atoms with van der Waals surface area (Å²) in [6.45, 7) is 1.71. The fourth-order valence-corrected chi connectivity index (χ4v) is 2.13. The van der Waals surface area contributed by atoms with E-state index in [2.05, 4.69) is 5.32 Å². The minimum Gasteiger partial charge on any atom is -0.534 e. The highest BCUT2D eigenvalue weighted by molar-refractivity contribution is 7.80. The number of para-hydroxylation sites is 1. The second-order valence-corrected chi connectivity index (χ2v) is 4.73. The molecule has 1 atom stereocenters. The number of nitrogens with one attached hydrogen (secondary N) is 1. The van der Waals surface area contributed by atoms with Gasteiger partial charge in [-0.05, 0) is 25.0 Å². The summed E-state index contributed by atoms with van der Waals surface area (Å²) in [5, 5.41) is 21.8. The predicted octanol–water partition coefficient (Wildman–Crippen LogP) is 0.645. The molecule has 0 aliphatic carbocycles. The Labute approximate surface area is 110 Å². The summed E-state index contributed by atoms with van der Waals surface area (Å²) in [6.07, 6.45) is 0.464. The summed E-state index contributed by atoms with van der Waals surface area (Å²) in [5.41, 5.74) is 0.804. The van der Waals surface area contributed by atoms with Crippen molar-refractivity contribution >= 4 is 30.3 Å². The molecule has 1 heterocycles. The molecule has 0 amide bonds. The van der Waals surface area contributed by atoms with Crippen molar-refractivity contribution in [1.82, 2.24) is 5.32 Å². The lowest BCUT2D eigenvalue weighted by Gasteiger charge is -2.29. The van der Waals surface area contributed by atoms with Crippen molar-refractivity contribution < 1.29 is 19.6 Å². The quantitative estimate of drug-likeness (QED) is 0.538. The van der Waals surface area contributed by atoms with E-state index in [0.717, 1.165) is 5.56 Å². The lowest BCUT2D eigenvalue weighted by Crippen LogP contribution is -2.52. The van der Waals surface area contributed by atoms with E-state index in [4.69, 9.17) is 22.0 Å². The van der Waals surface area contributed by atoms with E-state index in [1.165, 1.54) is 6.07 Å². The molecule has 1 aromatic carbocycles. The Bertz CT molecular complexity index is 508. The Balaban J connectivity index is 2.33. The van der Waals surface area contributed by atoms with Crippen LogP contribution in [0.3, 0.4) is 0 Å². The predicted molar refractivity (Wildman–Crippen MR) is 70.9 cm³/mol. The van der Waals surface area contributed by atoms with Gasteiger partial charge in [0, 0.05) is 0 Å². The molecule has 0 unspecified atom stereocenters. The first kappa shape index (κ1) is 12.9. The van der Waals surface area contributed by atoms with Gasteiger partial charge in [0.25, 0.3) is 0 Å². The van der Waals surface area contributed by atoms with E-state index >= 15 is 0 Å². The van der Waals surface area contributed by atoms with Crippen molar-refractivity contribution in [1.29, 1.82) is 0 Å². The van der Waals surface area contributed by atoms with Crippen molar-refractivity contribution in [3.05, 3.63) is 29.3 Å². The number of fused-ring (bicyclic) bond motifs is 1. The third-order valence-corrected chi connectivity index (χ3v) is 2.86. The highest BCUT2D eigenvalue weighted by Crippen LogP contribution is 2.29. The molecule has 0 bridgehead atoms. The third kappa shape index (κ3) is 2.47. The normalized spacial score (nSPS) is 17.7. The van der Waals surface area contributed by atoms with Crippen LogP contribution in [-0.2, 0) is 6.42 Å². The third-order valence-electron chi connectivity index (χ3n) is 2.74. The highest BCUT2D eigenvalue weighted by Gasteiger charge is 2.36. The number of hydrogen-bond donors (Lipinski definition) is 3. The minimum absolute atomic E-state index is 0.0593. The van der Waals surface area contributed by atoms with Crippen LogP contribution in [0.2, 0.25) is 0 Å². The molecule has 94 valence electrons. The Kier molecular flexibility index (Phi) is 3.54. The molecule has 0 saturated heterocycles. The Morgan fingerprint density at radius 2 is 2.33 bits per heavy atom. The zero-order chi connectivity index (χ0) is 13.3. The van der Waals surface area contributed by atoms with Crippen LogP contribution in [0, 0.1) is 0 Å². The number of carboxylic acid groups (broad SMARTS) is 1. The molecule has 0 spiro atoms. The molecule has 3 N–H and O–H groups in total. The fraction of sp³-hybridized carbons (Fsp3) is 0.273. The highest BCUT2D eigenvalue weighted by atomic mass is 32.1. The minimum atomic E-state index is -1.11. The summed E-state index contributed by atoms with van der Waals surface area (Å²) in [4.78, 5) is 11.6. The molecule has 1 aliphatic heterocycles.